The maximum Gasteiger partial charge on any atom is 0.109 e. The lowest BCUT2D eigenvalue weighted by Crippen LogP contribution is -2.31. The van der Waals surface area contributed by atoms with Crippen molar-refractivity contribution < 1.29 is 13.9 Å². The molecule has 0 aliphatic heterocycles. The molecule has 0 radical (unpaired) electrons. The number of benzene rings is 1. The van der Waals surface area contributed by atoms with Gasteiger partial charge >= 0.3 is 0 Å². The zero-order chi connectivity index (χ0) is 17.2. The topological polar surface area (TPSA) is 18.5 Å². The number of hydrogen-bond acceptors (Lipinski definition) is 2. The lowest BCUT2D eigenvalue weighted by atomic mass is 9.80. The van der Waals surface area contributed by atoms with Gasteiger partial charge in [0.25, 0.3) is 0 Å². The molecule has 0 spiro atoms. The third-order valence-corrected chi connectivity index (χ3v) is 4.36. The predicted octanol–water partition coefficient (Wildman–Crippen LogP) is 5.03. The molecule has 1 aromatic carbocycles. The molecule has 0 heterocycles. The lowest BCUT2D eigenvalue weighted by molar-refractivity contribution is -0.0154. The Kier molecular flexibility index (Phi) is 7.93. The summed E-state index contributed by atoms with van der Waals surface area (Å²) < 4.78 is 25.6. The molecule has 0 N–H and O–H groups in total. The van der Waals surface area contributed by atoms with Gasteiger partial charge in [-0.1, -0.05) is 61.2 Å². The fourth-order valence-corrected chi connectivity index (χ4v) is 3.11. The van der Waals surface area contributed by atoms with Crippen molar-refractivity contribution in [3.63, 3.8) is 0 Å². The first-order valence-electron chi connectivity index (χ1n) is 8.52. The Labute approximate surface area is 144 Å². The monoisotopic (exact) mass is 330 g/mol. The van der Waals surface area contributed by atoms with Crippen LogP contribution < -0.4 is 0 Å². The van der Waals surface area contributed by atoms with E-state index in [9.17, 15) is 4.39 Å². The van der Waals surface area contributed by atoms with Crippen LogP contribution in [0, 0.1) is 5.92 Å². The summed E-state index contributed by atoms with van der Waals surface area (Å²) in [5.74, 6) is -0.0901. The van der Waals surface area contributed by atoms with Crippen LogP contribution in [0.15, 0.2) is 66.8 Å². The standard InChI is InChI=1S/C21H27FO2/c1-3-8-18(11-7-14-23-2)20-13-12-19(15-21(20)22)24-16-17-9-5-4-6-10-17/h3-11,19-21H,1,12-16H2,2H3/b11-7-,18-8+. The van der Waals surface area contributed by atoms with Gasteiger partial charge in [-0.15, -0.1) is 0 Å². The van der Waals surface area contributed by atoms with Crippen LogP contribution in [0.2, 0.25) is 0 Å². The van der Waals surface area contributed by atoms with Gasteiger partial charge in [0.2, 0.25) is 0 Å². The Morgan fingerprint density at radius 2 is 2.08 bits per heavy atom. The molecule has 130 valence electrons. The molecular formula is C21H27FO2. The Morgan fingerprint density at radius 3 is 2.75 bits per heavy atom. The molecule has 0 amide bonds. The molecule has 1 aliphatic carbocycles. The van der Waals surface area contributed by atoms with E-state index in [0.717, 1.165) is 24.0 Å². The van der Waals surface area contributed by atoms with Gasteiger partial charge in [-0.25, -0.2) is 4.39 Å². The van der Waals surface area contributed by atoms with Crippen molar-refractivity contribution in [2.24, 2.45) is 5.92 Å². The summed E-state index contributed by atoms with van der Waals surface area (Å²) in [6.07, 6.45) is 8.70. The fourth-order valence-electron chi connectivity index (χ4n) is 3.11. The fraction of sp³-hybridized carbons (Fsp3) is 0.429. The molecular weight excluding hydrogens is 303 g/mol. The van der Waals surface area contributed by atoms with Crippen LogP contribution in [-0.2, 0) is 16.1 Å². The van der Waals surface area contributed by atoms with Gasteiger partial charge in [-0.3, -0.25) is 0 Å². The number of hydrogen-bond donors (Lipinski definition) is 0. The molecule has 2 nitrogen and oxygen atoms in total. The highest BCUT2D eigenvalue weighted by Crippen LogP contribution is 2.34. The van der Waals surface area contributed by atoms with E-state index in [0.29, 0.717) is 19.6 Å². The van der Waals surface area contributed by atoms with Crippen molar-refractivity contribution in [3.05, 3.63) is 72.4 Å². The minimum atomic E-state index is -0.891. The number of alkyl halides is 1. The predicted molar refractivity (Wildman–Crippen MR) is 96.6 cm³/mol. The minimum Gasteiger partial charge on any atom is -0.381 e. The molecule has 0 bridgehead atoms. The third-order valence-electron chi connectivity index (χ3n) is 4.36. The van der Waals surface area contributed by atoms with Gasteiger partial charge in [0.05, 0.1) is 19.3 Å². The van der Waals surface area contributed by atoms with Crippen molar-refractivity contribution in [2.45, 2.75) is 38.1 Å². The van der Waals surface area contributed by atoms with Crippen LogP contribution in [0.5, 0.6) is 0 Å². The van der Waals surface area contributed by atoms with Gasteiger partial charge < -0.3 is 9.47 Å². The molecule has 24 heavy (non-hydrogen) atoms. The number of methoxy groups -OCH3 is 1. The summed E-state index contributed by atoms with van der Waals surface area (Å²) >= 11 is 0. The SMILES string of the molecule is C=C/C=C(\C=C/COC)C1CCC(OCc2ccccc2)CC1F. The summed E-state index contributed by atoms with van der Waals surface area (Å²) in [6.45, 7) is 4.81. The molecule has 3 atom stereocenters. The molecule has 1 fully saturated rings. The summed E-state index contributed by atoms with van der Waals surface area (Å²) in [5, 5.41) is 0. The summed E-state index contributed by atoms with van der Waals surface area (Å²) in [4.78, 5) is 0. The van der Waals surface area contributed by atoms with Crippen molar-refractivity contribution in [1.82, 2.24) is 0 Å². The maximum atomic E-state index is 14.7. The molecule has 1 saturated carbocycles. The lowest BCUT2D eigenvalue weighted by Gasteiger charge is -2.32. The molecule has 1 aliphatic rings. The van der Waals surface area contributed by atoms with E-state index in [1.807, 2.05) is 48.6 Å². The summed E-state index contributed by atoms with van der Waals surface area (Å²) in [6, 6.07) is 10.0. The summed E-state index contributed by atoms with van der Waals surface area (Å²) in [7, 11) is 1.65. The Bertz CT molecular complexity index is 550. The maximum absolute atomic E-state index is 14.7. The van der Waals surface area contributed by atoms with Gasteiger partial charge in [-0.05, 0) is 24.0 Å². The molecule has 0 aromatic heterocycles. The number of halogens is 1. The number of rotatable bonds is 8. The zero-order valence-corrected chi connectivity index (χ0v) is 14.4. The molecule has 1 aromatic rings. The van der Waals surface area contributed by atoms with E-state index in [4.69, 9.17) is 9.47 Å². The highest BCUT2D eigenvalue weighted by atomic mass is 19.1. The highest BCUT2D eigenvalue weighted by Gasteiger charge is 2.32. The van der Waals surface area contributed by atoms with E-state index in [1.54, 1.807) is 13.2 Å². The molecule has 3 heteroatoms. The largest absolute Gasteiger partial charge is 0.381 e. The first kappa shape index (κ1) is 18.6. The van der Waals surface area contributed by atoms with Crippen molar-refractivity contribution in [3.8, 4) is 0 Å². The quantitative estimate of drug-likeness (QED) is 0.623. The van der Waals surface area contributed by atoms with E-state index in [2.05, 4.69) is 6.58 Å². The highest BCUT2D eigenvalue weighted by molar-refractivity contribution is 5.27. The van der Waals surface area contributed by atoms with E-state index in [1.165, 1.54) is 0 Å². The average Bonchev–Trinajstić information content (AvgIpc) is 2.61. The van der Waals surface area contributed by atoms with Crippen LogP contribution in [0.4, 0.5) is 4.39 Å². The minimum absolute atomic E-state index is 0.00982. The van der Waals surface area contributed by atoms with Gasteiger partial charge in [0.15, 0.2) is 0 Å². The second-order valence-corrected chi connectivity index (χ2v) is 6.11. The average molecular weight is 330 g/mol. The Morgan fingerprint density at radius 1 is 1.29 bits per heavy atom. The molecule has 2 rings (SSSR count). The van der Waals surface area contributed by atoms with Crippen LogP contribution in [0.25, 0.3) is 0 Å². The normalized spacial score (nSPS) is 25.1. The molecule has 0 saturated heterocycles. The zero-order valence-electron chi connectivity index (χ0n) is 14.4. The van der Waals surface area contributed by atoms with Gasteiger partial charge in [0.1, 0.15) is 6.17 Å². The van der Waals surface area contributed by atoms with Crippen LogP contribution in [0.3, 0.4) is 0 Å². The summed E-state index contributed by atoms with van der Waals surface area (Å²) in [5.41, 5.74) is 2.11. The van der Waals surface area contributed by atoms with Crippen LogP contribution in [-0.4, -0.2) is 26.0 Å². The van der Waals surface area contributed by atoms with E-state index in [-0.39, 0.29) is 12.0 Å². The van der Waals surface area contributed by atoms with Gasteiger partial charge in [0, 0.05) is 19.4 Å². The third kappa shape index (κ3) is 5.73. The first-order valence-corrected chi connectivity index (χ1v) is 8.52. The van der Waals surface area contributed by atoms with Crippen LogP contribution >= 0.6 is 0 Å². The smallest absolute Gasteiger partial charge is 0.109 e. The van der Waals surface area contributed by atoms with Gasteiger partial charge in [-0.2, -0.15) is 0 Å². The van der Waals surface area contributed by atoms with E-state index < -0.39 is 6.17 Å². The Balaban J connectivity index is 1.89. The first-order chi connectivity index (χ1) is 11.7. The van der Waals surface area contributed by atoms with Crippen LogP contribution in [0.1, 0.15) is 24.8 Å². The number of ether oxygens (including phenoxy) is 2. The second kappa shape index (κ2) is 10.2. The van der Waals surface area contributed by atoms with Crippen molar-refractivity contribution in [2.75, 3.05) is 13.7 Å². The second-order valence-electron chi connectivity index (χ2n) is 6.11. The van der Waals surface area contributed by atoms with E-state index >= 15 is 0 Å². The Hall–Kier alpha value is -1.71. The van der Waals surface area contributed by atoms with Crippen molar-refractivity contribution >= 4 is 0 Å². The molecule has 3 unspecified atom stereocenters. The number of allylic oxidation sites excluding steroid dienone is 4. The van der Waals surface area contributed by atoms with Crippen molar-refractivity contribution in [1.29, 1.82) is 0 Å².